The van der Waals surface area contributed by atoms with Gasteiger partial charge in [0.05, 0.1) is 6.10 Å². The highest BCUT2D eigenvalue weighted by Crippen LogP contribution is 2.64. The lowest BCUT2D eigenvalue weighted by molar-refractivity contribution is -0.139. The molecule has 0 heterocycles. The van der Waals surface area contributed by atoms with Crippen LogP contribution >= 0.6 is 0 Å². The minimum Gasteiger partial charge on any atom is -0.368 e. The molecule has 0 aromatic rings. The predicted molar refractivity (Wildman–Crippen MR) is 96.2 cm³/mol. The van der Waals surface area contributed by atoms with Gasteiger partial charge in [-0.25, -0.2) is 0 Å². The molecule has 0 saturated heterocycles. The number of allylic oxidation sites excluding steroid dienone is 3. The molecule has 0 radical (unpaired) electrons. The van der Waals surface area contributed by atoms with Gasteiger partial charge in [0.1, 0.15) is 0 Å². The van der Waals surface area contributed by atoms with Crippen molar-refractivity contribution in [2.75, 3.05) is 0 Å². The van der Waals surface area contributed by atoms with Crippen molar-refractivity contribution >= 4 is 0 Å². The Morgan fingerprint density at radius 2 is 2.00 bits per heavy atom. The molecule has 24 heavy (non-hydrogen) atoms. The van der Waals surface area contributed by atoms with Crippen molar-refractivity contribution in [2.45, 2.75) is 83.6 Å². The van der Waals surface area contributed by atoms with E-state index in [1.54, 1.807) is 6.92 Å². The van der Waals surface area contributed by atoms with Gasteiger partial charge in [0.2, 0.25) is 0 Å². The second-order valence-electron chi connectivity index (χ2n) is 9.29. The zero-order valence-corrected chi connectivity index (χ0v) is 15.4. The van der Waals surface area contributed by atoms with Gasteiger partial charge in [-0.2, -0.15) is 0 Å². The summed E-state index contributed by atoms with van der Waals surface area (Å²) in [5.41, 5.74) is 9.13. The topological polar surface area (TPSA) is 55.5 Å². The van der Waals surface area contributed by atoms with Crippen molar-refractivity contribution in [1.82, 2.24) is 0 Å². The maximum Gasteiger partial charge on any atom is 0.152 e. The van der Waals surface area contributed by atoms with E-state index in [1.165, 1.54) is 18.4 Å². The maximum atomic E-state index is 9.56. The van der Waals surface area contributed by atoms with Gasteiger partial charge in [-0.3, -0.25) is 0 Å². The first-order valence-corrected chi connectivity index (χ1v) is 9.78. The predicted octanol–water partition coefficient (Wildman–Crippen LogP) is 3.92. The van der Waals surface area contributed by atoms with E-state index >= 15 is 0 Å². The van der Waals surface area contributed by atoms with Crippen LogP contribution in [0.1, 0.15) is 65.7 Å². The van der Waals surface area contributed by atoms with Gasteiger partial charge in [-0.05, 0) is 69.1 Å². The summed E-state index contributed by atoms with van der Waals surface area (Å²) >= 11 is 0. The summed E-state index contributed by atoms with van der Waals surface area (Å²) in [5, 5.41) is 9.56. The molecule has 0 aromatic carbocycles. The van der Waals surface area contributed by atoms with Gasteiger partial charge in [0.15, 0.2) is 6.29 Å². The normalized spacial score (nSPS) is 51.4. The summed E-state index contributed by atoms with van der Waals surface area (Å²) in [4.78, 5) is 0. The Morgan fingerprint density at radius 3 is 2.75 bits per heavy atom. The van der Waals surface area contributed by atoms with Crippen LogP contribution in [-0.2, 0) is 4.74 Å². The van der Waals surface area contributed by atoms with Gasteiger partial charge in [-0.15, -0.1) is 0 Å². The van der Waals surface area contributed by atoms with Crippen molar-refractivity contribution < 1.29 is 9.84 Å². The Morgan fingerprint density at radius 1 is 1.21 bits per heavy atom. The van der Waals surface area contributed by atoms with Crippen molar-refractivity contribution in [3.63, 3.8) is 0 Å². The third kappa shape index (κ3) is 2.21. The molecular formula is C21H33NO2. The van der Waals surface area contributed by atoms with E-state index in [-0.39, 0.29) is 17.1 Å². The van der Waals surface area contributed by atoms with Crippen LogP contribution in [0.3, 0.4) is 0 Å². The standard InChI is InChI=1S/C21H33NO2/c1-14(23)24-16-8-10-20(3)15(13-16)6-7-18-17-5-4-9-19(17,2)11-12-21(18,20)22/h4,6,9,14,16-18,23H,5,7-8,10-13,22H2,1-3H3/t14?,16-,17?,18-,19-,20-,21+/m0/s1. The number of nitrogens with two attached hydrogens (primary N) is 1. The summed E-state index contributed by atoms with van der Waals surface area (Å²) in [6, 6.07) is 0. The van der Waals surface area contributed by atoms with Crippen LogP contribution in [0.2, 0.25) is 0 Å². The fourth-order valence-corrected chi connectivity index (χ4v) is 6.54. The molecular weight excluding hydrogens is 298 g/mol. The highest BCUT2D eigenvalue weighted by atomic mass is 16.6. The van der Waals surface area contributed by atoms with Gasteiger partial charge in [-0.1, -0.05) is 37.6 Å². The minimum atomic E-state index is -0.678. The Labute approximate surface area is 146 Å². The number of hydrogen-bond acceptors (Lipinski definition) is 3. The molecule has 0 aliphatic heterocycles. The van der Waals surface area contributed by atoms with E-state index in [9.17, 15) is 5.11 Å². The first kappa shape index (κ1) is 16.8. The zero-order chi connectivity index (χ0) is 17.2. The molecule has 7 atom stereocenters. The van der Waals surface area contributed by atoms with E-state index in [0.717, 1.165) is 32.1 Å². The van der Waals surface area contributed by atoms with E-state index in [2.05, 4.69) is 32.1 Å². The quantitative estimate of drug-likeness (QED) is 0.595. The molecule has 0 amide bonds. The molecule has 3 heteroatoms. The summed E-state index contributed by atoms with van der Waals surface area (Å²) < 4.78 is 5.70. The number of aliphatic hydroxyl groups excluding tert-OH is 1. The van der Waals surface area contributed by atoms with Crippen LogP contribution in [0.4, 0.5) is 0 Å². The second kappa shape index (κ2) is 5.43. The van der Waals surface area contributed by atoms with Gasteiger partial charge < -0.3 is 15.6 Å². The fraction of sp³-hybridized carbons (Fsp3) is 0.810. The lowest BCUT2D eigenvalue weighted by Gasteiger charge is -2.63. The molecule has 3 N–H and O–H groups in total. The molecule has 2 unspecified atom stereocenters. The first-order chi connectivity index (χ1) is 11.3. The van der Waals surface area contributed by atoms with Crippen LogP contribution in [-0.4, -0.2) is 23.0 Å². The monoisotopic (exact) mass is 331 g/mol. The Bertz CT molecular complexity index is 582. The highest BCUT2D eigenvalue weighted by molar-refractivity contribution is 5.33. The lowest BCUT2D eigenvalue weighted by Crippen LogP contribution is -2.67. The maximum absolute atomic E-state index is 9.56. The molecule has 0 aromatic heterocycles. The average Bonchev–Trinajstić information content (AvgIpc) is 2.90. The minimum absolute atomic E-state index is 0.0803. The molecule has 2 fully saturated rings. The molecule has 3 nitrogen and oxygen atoms in total. The van der Waals surface area contributed by atoms with Crippen LogP contribution in [0, 0.1) is 22.7 Å². The zero-order valence-electron chi connectivity index (χ0n) is 15.4. The number of ether oxygens (including phenoxy) is 1. The summed E-state index contributed by atoms with van der Waals surface area (Å²) in [6.45, 7) is 6.56. The third-order valence-corrected chi connectivity index (χ3v) is 8.12. The van der Waals surface area contributed by atoms with E-state index in [4.69, 9.17) is 10.5 Å². The van der Waals surface area contributed by atoms with Gasteiger partial charge >= 0.3 is 0 Å². The molecule has 0 spiro atoms. The summed E-state index contributed by atoms with van der Waals surface area (Å²) in [5.74, 6) is 1.30. The second-order valence-corrected chi connectivity index (χ2v) is 9.29. The number of fused-ring (bicyclic) bond motifs is 5. The molecule has 2 saturated carbocycles. The van der Waals surface area contributed by atoms with Crippen LogP contribution in [0.5, 0.6) is 0 Å². The van der Waals surface area contributed by atoms with E-state index in [0.29, 0.717) is 17.3 Å². The number of hydrogen-bond donors (Lipinski definition) is 2. The number of rotatable bonds is 2. The third-order valence-electron chi connectivity index (χ3n) is 8.12. The average molecular weight is 332 g/mol. The summed E-state index contributed by atoms with van der Waals surface area (Å²) in [7, 11) is 0. The molecule has 4 rings (SSSR count). The SMILES string of the molecule is CC(O)O[C@H]1CC[C@@]2(C)C(=CC[C@H]3C4CC=C[C@@]4(C)CC[C@@]32N)C1. The molecule has 134 valence electrons. The Balaban J connectivity index is 1.64. The van der Waals surface area contributed by atoms with E-state index in [1.807, 2.05) is 0 Å². The first-order valence-electron chi connectivity index (χ1n) is 9.78. The molecule has 4 aliphatic rings. The van der Waals surface area contributed by atoms with E-state index < -0.39 is 6.29 Å². The van der Waals surface area contributed by atoms with Crippen molar-refractivity contribution in [1.29, 1.82) is 0 Å². The smallest absolute Gasteiger partial charge is 0.152 e. The molecule has 0 bridgehead atoms. The lowest BCUT2D eigenvalue weighted by atomic mass is 9.44. The Kier molecular flexibility index (Phi) is 3.80. The number of aliphatic hydroxyl groups is 1. The Hall–Kier alpha value is -0.640. The van der Waals surface area contributed by atoms with Crippen LogP contribution < -0.4 is 5.73 Å². The highest BCUT2D eigenvalue weighted by Gasteiger charge is 2.61. The van der Waals surface area contributed by atoms with Crippen molar-refractivity contribution in [3.05, 3.63) is 23.8 Å². The van der Waals surface area contributed by atoms with Gasteiger partial charge in [0.25, 0.3) is 0 Å². The van der Waals surface area contributed by atoms with Crippen LogP contribution in [0.25, 0.3) is 0 Å². The molecule has 4 aliphatic carbocycles. The fourth-order valence-electron chi connectivity index (χ4n) is 6.54. The summed E-state index contributed by atoms with van der Waals surface area (Å²) in [6.07, 6.45) is 14.5. The largest absolute Gasteiger partial charge is 0.368 e. The van der Waals surface area contributed by atoms with Crippen molar-refractivity contribution in [3.8, 4) is 0 Å². The van der Waals surface area contributed by atoms with Crippen LogP contribution in [0.15, 0.2) is 23.8 Å². The van der Waals surface area contributed by atoms with Crippen molar-refractivity contribution in [2.24, 2.45) is 28.4 Å². The van der Waals surface area contributed by atoms with Gasteiger partial charge in [0, 0.05) is 11.0 Å².